The van der Waals surface area contributed by atoms with Gasteiger partial charge >= 0.3 is 0 Å². The fourth-order valence-corrected chi connectivity index (χ4v) is 2.49. The van der Waals surface area contributed by atoms with Crippen LogP contribution in [0.1, 0.15) is 30.4 Å². The van der Waals surface area contributed by atoms with Crippen LogP contribution in [0, 0.1) is 0 Å². The molecule has 3 rings (SSSR count). The highest BCUT2D eigenvalue weighted by molar-refractivity contribution is 5.26. The van der Waals surface area contributed by atoms with Crippen LogP contribution in [0.4, 0.5) is 0 Å². The van der Waals surface area contributed by atoms with Crippen molar-refractivity contribution in [1.82, 2.24) is 5.32 Å². The van der Waals surface area contributed by atoms with Crippen molar-refractivity contribution >= 4 is 0 Å². The van der Waals surface area contributed by atoms with E-state index in [1.165, 1.54) is 24.0 Å². The molecule has 1 saturated carbocycles. The second-order valence-electron chi connectivity index (χ2n) is 5.54. The SMILES string of the molecule is c1ccc(COC2CCOC2)c(CCNC2CC2)c1. The van der Waals surface area contributed by atoms with Crippen molar-refractivity contribution in [2.75, 3.05) is 19.8 Å². The molecular formula is C16H23NO2. The predicted molar refractivity (Wildman–Crippen MR) is 75.2 cm³/mol. The van der Waals surface area contributed by atoms with Crippen molar-refractivity contribution in [3.05, 3.63) is 35.4 Å². The Morgan fingerprint density at radius 2 is 2.00 bits per heavy atom. The lowest BCUT2D eigenvalue weighted by Crippen LogP contribution is -2.20. The third kappa shape index (κ3) is 4.03. The van der Waals surface area contributed by atoms with Crippen LogP contribution in [0.25, 0.3) is 0 Å². The van der Waals surface area contributed by atoms with Gasteiger partial charge in [0.2, 0.25) is 0 Å². The van der Waals surface area contributed by atoms with E-state index in [1.807, 2.05) is 0 Å². The van der Waals surface area contributed by atoms with E-state index in [4.69, 9.17) is 9.47 Å². The van der Waals surface area contributed by atoms with Crippen LogP contribution in [-0.4, -0.2) is 31.9 Å². The molecular weight excluding hydrogens is 238 g/mol. The Bertz CT molecular complexity index is 397. The number of hydrogen-bond acceptors (Lipinski definition) is 3. The molecule has 3 nitrogen and oxygen atoms in total. The predicted octanol–water partition coefficient (Wildman–Crippen LogP) is 2.29. The van der Waals surface area contributed by atoms with Crippen LogP contribution in [0.15, 0.2) is 24.3 Å². The maximum atomic E-state index is 5.92. The molecule has 3 heteroatoms. The average Bonchev–Trinajstić information content (AvgIpc) is 3.11. The fraction of sp³-hybridized carbons (Fsp3) is 0.625. The summed E-state index contributed by atoms with van der Waals surface area (Å²) in [5.74, 6) is 0. The van der Waals surface area contributed by atoms with Crippen LogP contribution in [0.5, 0.6) is 0 Å². The Hall–Kier alpha value is -0.900. The lowest BCUT2D eigenvalue weighted by atomic mass is 10.1. The van der Waals surface area contributed by atoms with E-state index in [9.17, 15) is 0 Å². The van der Waals surface area contributed by atoms with Gasteiger partial charge in [-0.25, -0.2) is 0 Å². The molecule has 2 aliphatic rings. The van der Waals surface area contributed by atoms with E-state index in [1.54, 1.807) is 0 Å². The lowest BCUT2D eigenvalue weighted by Gasteiger charge is -2.13. The van der Waals surface area contributed by atoms with Crippen molar-refractivity contribution in [2.45, 2.75) is 44.4 Å². The maximum Gasteiger partial charge on any atom is 0.0834 e. The Morgan fingerprint density at radius 3 is 2.74 bits per heavy atom. The fourth-order valence-electron chi connectivity index (χ4n) is 2.49. The standard InChI is InChI=1S/C16H23NO2/c1-2-4-14(11-19-16-8-10-18-12-16)13(3-1)7-9-17-15-5-6-15/h1-4,15-17H,5-12H2. The lowest BCUT2D eigenvalue weighted by molar-refractivity contribution is 0.0314. The summed E-state index contributed by atoms with van der Waals surface area (Å²) in [6, 6.07) is 9.41. The summed E-state index contributed by atoms with van der Waals surface area (Å²) in [6.45, 7) is 3.39. The smallest absolute Gasteiger partial charge is 0.0834 e. The summed E-state index contributed by atoms with van der Waals surface area (Å²) in [6.07, 6.45) is 5.12. The Balaban J connectivity index is 1.50. The van der Waals surface area contributed by atoms with Gasteiger partial charge in [0.1, 0.15) is 0 Å². The molecule has 2 fully saturated rings. The second-order valence-corrected chi connectivity index (χ2v) is 5.54. The van der Waals surface area contributed by atoms with Crippen molar-refractivity contribution in [1.29, 1.82) is 0 Å². The molecule has 0 spiro atoms. The minimum atomic E-state index is 0.289. The molecule has 1 saturated heterocycles. The highest BCUT2D eigenvalue weighted by Crippen LogP contribution is 2.19. The summed E-state index contributed by atoms with van der Waals surface area (Å²) >= 11 is 0. The Labute approximate surface area is 115 Å². The third-order valence-corrected chi connectivity index (χ3v) is 3.89. The molecule has 19 heavy (non-hydrogen) atoms. The molecule has 1 heterocycles. The summed E-state index contributed by atoms with van der Waals surface area (Å²) in [5.41, 5.74) is 2.74. The topological polar surface area (TPSA) is 30.5 Å². The van der Waals surface area contributed by atoms with Crippen molar-refractivity contribution in [3.63, 3.8) is 0 Å². The van der Waals surface area contributed by atoms with Crippen LogP contribution in [0.3, 0.4) is 0 Å². The first kappa shape index (κ1) is 13.1. The third-order valence-electron chi connectivity index (χ3n) is 3.89. The van der Waals surface area contributed by atoms with Crippen molar-refractivity contribution < 1.29 is 9.47 Å². The van der Waals surface area contributed by atoms with Gasteiger partial charge in [-0.2, -0.15) is 0 Å². The molecule has 1 atom stereocenters. The first-order valence-electron chi connectivity index (χ1n) is 7.41. The van der Waals surface area contributed by atoms with Crippen molar-refractivity contribution in [2.24, 2.45) is 0 Å². The number of ether oxygens (including phenoxy) is 2. The molecule has 0 aromatic heterocycles. The van der Waals surface area contributed by atoms with Crippen LogP contribution in [0.2, 0.25) is 0 Å². The summed E-state index contributed by atoms with van der Waals surface area (Å²) in [4.78, 5) is 0. The maximum absolute atomic E-state index is 5.92. The molecule has 1 aliphatic carbocycles. The molecule has 1 aromatic rings. The van der Waals surface area contributed by atoms with Gasteiger partial charge in [0.05, 0.1) is 19.3 Å². The highest BCUT2D eigenvalue weighted by Gasteiger charge is 2.20. The normalized spacial score (nSPS) is 22.8. The highest BCUT2D eigenvalue weighted by atomic mass is 16.5. The van der Waals surface area contributed by atoms with Gasteiger partial charge < -0.3 is 14.8 Å². The van der Waals surface area contributed by atoms with E-state index in [-0.39, 0.29) is 6.10 Å². The van der Waals surface area contributed by atoms with E-state index < -0.39 is 0 Å². The van der Waals surface area contributed by atoms with Crippen LogP contribution in [-0.2, 0) is 22.5 Å². The first-order valence-corrected chi connectivity index (χ1v) is 7.41. The minimum Gasteiger partial charge on any atom is -0.379 e. The summed E-state index contributed by atoms with van der Waals surface area (Å²) in [5, 5.41) is 3.57. The van der Waals surface area contributed by atoms with Gasteiger partial charge in [-0.3, -0.25) is 0 Å². The van der Waals surface area contributed by atoms with Gasteiger partial charge in [0, 0.05) is 12.6 Å². The zero-order chi connectivity index (χ0) is 12.9. The van der Waals surface area contributed by atoms with Crippen LogP contribution < -0.4 is 5.32 Å². The monoisotopic (exact) mass is 261 g/mol. The van der Waals surface area contributed by atoms with Gasteiger partial charge in [0.25, 0.3) is 0 Å². The molecule has 1 aromatic carbocycles. The quantitative estimate of drug-likeness (QED) is 0.817. The summed E-state index contributed by atoms with van der Waals surface area (Å²) < 4.78 is 11.3. The van der Waals surface area contributed by atoms with Gasteiger partial charge in [-0.1, -0.05) is 24.3 Å². The Morgan fingerprint density at radius 1 is 1.16 bits per heavy atom. The van der Waals surface area contributed by atoms with E-state index >= 15 is 0 Å². The molecule has 0 radical (unpaired) electrons. The number of hydrogen-bond donors (Lipinski definition) is 1. The zero-order valence-electron chi connectivity index (χ0n) is 11.4. The molecule has 1 aliphatic heterocycles. The van der Waals surface area contributed by atoms with Crippen LogP contribution >= 0.6 is 0 Å². The zero-order valence-corrected chi connectivity index (χ0v) is 11.4. The average molecular weight is 261 g/mol. The second kappa shape index (κ2) is 6.51. The van der Waals surface area contributed by atoms with Gasteiger partial charge in [0.15, 0.2) is 0 Å². The number of benzene rings is 1. The minimum absolute atomic E-state index is 0.289. The molecule has 1 unspecified atom stereocenters. The van der Waals surface area contributed by atoms with E-state index in [0.717, 1.165) is 38.6 Å². The molecule has 1 N–H and O–H groups in total. The number of nitrogens with one attached hydrogen (secondary N) is 1. The molecule has 104 valence electrons. The molecule has 0 amide bonds. The van der Waals surface area contributed by atoms with Crippen molar-refractivity contribution in [3.8, 4) is 0 Å². The molecule has 0 bridgehead atoms. The summed E-state index contributed by atoms with van der Waals surface area (Å²) in [7, 11) is 0. The Kier molecular flexibility index (Phi) is 4.49. The largest absolute Gasteiger partial charge is 0.379 e. The first-order chi connectivity index (χ1) is 9.42. The van der Waals surface area contributed by atoms with E-state index in [0.29, 0.717) is 6.61 Å². The van der Waals surface area contributed by atoms with Gasteiger partial charge in [-0.15, -0.1) is 0 Å². The number of rotatable bonds is 7. The van der Waals surface area contributed by atoms with Gasteiger partial charge in [-0.05, 0) is 43.4 Å². The van der Waals surface area contributed by atoms with E-state index in [2.05, 4.69) is 29.6 Å².